The predicted octanol–water partition coefficient (Wildman–Crippen LogP) is 1.45. The fraction of sp³-hybridized carbons (Fsp3) is 0.733. The summed E-state index contributed by atoms with van der Waals surface area (Å²) in [6, 6.07) is 0.256. The van der Waals surface area contributed by atoms with E-state index in [1.54, 1.807) is 0 Å². The van der Waals surface area contributed by atoms with E-state index in [0.29, 0.717) is 0 Å². The highest BCUT2D eigenvalue weighted by molar-refractivity contribution is 5.83. The van der Waals surface area contributed by atoms with Crippen molar-refractivity contribution in [2.45, 2.75) is 51.6 Å². The van der Waals surface area contributed by atoms with E-state index in [9.17, 15) is 4.79 Å². The Morgan fingerprint density at radius 3 is 2.70 bits per heavy atom. The molecule has 0 aromatic carbocycles. The Balaban J connectivity index is 1.86. The Morgan fingerprint density at radius 1 is 1.30 bits per heavy atom. The number of aromatic nitrogens is 2. The quantitative estimate of drug-likeness (QED) is 0.889. The number of nitrogens with zero attached hydrogens (tertiary/aromatic N) is 3. The van der Waals surface area contributed by atoms with E-state index in [0.717, 1.165) is 44.5 Å². The second kappa shape index (κ2) is 5.20. The Hall–Kier alpha value is -1.36. The molecule has 2 atom stereocenters. The minimum absolute atomic E-state index is 0.0351. The van der Waals surface area contributed by atoms with Crippen molar-refractivity contribution in [3.05, 3.63) is 17.0 Å². The molecule has 1 unspecified atom stereocenters. The largest absolute Gasteiger partial charge is 0.334 e. The molecule has 3 heterocycles. The molecular weight excluding hydrogens is 252 g/mol. The van der Waals surface area contributed by atoms with Crippen molar-refractivity contribution < 1.29 is 4.79 Å². The van der Waals surface area contributed by atoms with E-state index in [1.165, 1.54) is 11.3 Å². The monoisotopic (exact) mass is 276 g/mol. The van der Waals surface area contributed by atoms with Crippen LogP contribution in [-0.2, 0) is 11.8 Å². The van der Waals surface area contributed by atoms with Gasteiger partial charge in [-0.05, 0) is 46.1 Å². The summed E-state index contributed by atoms with van der Waals surface area (Å²) in [6.45, 7) is 6.01. The molecule has 5 nitrogen and oxygen atoms in total. The van der Waals surface area contributed by atoms with Crippen molar-refractivity contribution in [2.75, 3.05) is 13.1 Å². The second-order valence-electron chi connectivity index (χ2n) is 6.05. The molecule has 2 aliphatic rings. The molecular formula is C15H24N4O. The topological polar surface area (TPSA) is 50.2 Å². The first-order valence-electron chi connectivity index (χ1n) is 7.63. The molecule has 0 saturated carbocycles. The standard InChI is InChI=1S/C15H24N4O/c1-10-14(11(2)18(3)17-10)13-7-5-9-19(13)15(20)12-6-4-8-16-12/h12-13,16H,4-9H2,1-3H3/t12-,13?/m0/s1. The van der Waals surface area contributed by atoms with Crippen molar-refractivity contribution in [2.24, 2.45) is 7.05 Å². The molecule has 1 N–H and O–H groups in total. The molecule has 1 amide bonds. The van der Waals surface area contributed by atoms with Crippen LogP contribution in [-0.4, -0.2) is 39.7 Å². The van der Waals surface area contributed by atoms with E-state index < -0.39 is 0 Å². The SMILES string of the molecule is Cc1nn(C)c(C)c1C1CCCN1C(=O)[C@@H]1CCCN1. The lowest BCUT2D eigenvalue weighted by Crippen LogP contribution is -2.43. The van der Waals surface area contributed by atoms with Crippen molar-refractivity contribution in [3.63, 3.8) is 0 Å². The third-order valence-corrected chi connectivity index (χ3v) is 4.79. The summed E-state index contributed by atoms with van der Waals surface area (Å²) >= 11 is 0. The summed E-state index contributed by atoms with van der Waals surface area (Å²) in [5, 5.41) is 7.84. The smallest absolute Gasteiger partial charge is 0.240 e. The summed E-state index contributed by atoms with van der Waals surface area (Å²) < 4.78 is 1.93. The molecule has 0 spiro atoms. The predicted molar refractivity (Wildman–Crippen MR) is 77.4 cm³/mol. The molecule has 2 aliphatic heterocycles. The van der Waals surface area contributed by atoms with Gasteiger partial charge in [0, 0.05) is 24.8 Å². The van der Waals surface area contributed by atoms with E-state index >= 15 is 0 Å². The van der Waals surface area contributed by atoms with Crippen LogP contribution in [0.15, 0.2) is 0 Å². The first-order chi connectivity index (χ1) is 9.59. The van der Waals surface area contributed by atoms with Gasteiger partial charge in [0.05, 0.1) is 17.8 Å². The molecule has 0 bridgehead atoms. The van der Waals surface area contributed by atoms with Crippen molar-refractivity contribution in [1.82, 2.24) is 20.0 Å². The van der Waals surface area contributed by atoms with Crippen LogP contribution in [0.3, 0.4) is 0 Å². The molecule has 3 rings (SSSR count). The number of nitrogens with one attached hydrogen (secondary N) is 1. The van der Waals surface area contributed by atoms with Gasteiger partial charge in [-0.25, -0.2) is 0 Å². The lowest BCUT2D eigenvalue weighted by Gasteiger charge is -2.28. The third-order valence-electron chi connectivity index (χ3n) is 4.79. The average molecular weight is 276 g/mol. The third kappa shape index (κ3) is 2.14. The number of likely N-dealkylation sites (tertiary alicyclic amines) is 1. The zero-order valence-corrected chi connectivity index (χ0v) is 12.6. The number of carbonyl (C=O) groups is 1. The highest BCUT2D eigenvalue weighted by Gasteiger charge is 2.37. The minimum atomic E-state index is 0.0351. The molecule has 0 aliphatic carbocycles. The number of rotatable bonds is 2. The Bertz CT molecular complexity index is 516. The Labute approximate surface area is 120 Å². The van der Waals surface area contributed by atoms with Crippen LogP contribution < -0.4 is 5.32 Å². The molecule has 2 fully saturated rings. The normalized spacial score (nSPS) is 26.4. The van der Waals surface area contributed by atoms with Gasteiger partial charge < -0.3 is 10.2 Å². The maximum Gasteiger partial charge on any atom is 0.240 e. The Kier molecular flexibility index (Phi) is 3.54. The van der Waals surface area contributed by atoms with Gasteiger partial charge in [0.25, 0.3) is 0 Å². The highest BCUT2D eigenvalue weighted by Crippen LogP contribution is 2.36. The molecule has 2 saturated heterocycles. The number of hydrogen-bond donors (Lipinski definition) is 1. The maximum atomic E-state index is 12.7. The van der Waals surface area contributed by atoms with E-state index in [4.69, 9.17) is 0 Å². The summed E-state index contributed by atoms with van der Waals surface area (Å²) in [7, 11) is 1.98. The lowest BCUT2D eigenvalue weighted by atomic mass is 10.0. The van der Waals surface area contributed by atoms with Crippen LogP contribution in [0.5, 0.6) is 0 Å². The zero-order valence-electron chi connectivity index (χ0n) is 12.6. The van der Waals surface area contributed by atoms with Gasteiger partial charge >= 0.3 is 0 Å². The molecule has 110 valence electrons. The summed E-state index contributed by atoms with van der Waals surface area (Å²) in [5.41, 5.74) is 3.51. The first-order valence-corrected chi connectivity index (χ1v) is 7.63. The second-order valence-corrected chi connectivity index (χ2v) is 6.05. The van der Waals surface area contributed by atoms with Gasteiger partial charge in [-0.3, -0.25) is 9.48 Å². The van der Waals surface area contributed by atoms with Crippen LogP contribution in [0.1, 0.15) is 48.7 Å². The van der Waals surface area contributed by atoms with Crippen molar-refractivity contribution in [1.29, 1.82) is 0 Å². The molecule has 1 aromatic heterocycles. The fourth-order valence-corrected chi connectivity index (χ4v) is 3.70. The van der Waals surface area contributed by atoms with Gasteiger partial charge in [0.15, 0.2) is 0 Å². The van der Waals surface area contributed by atoms with Gasteiger partial charge in [0.2, 0.25) is 5.91 Å². The molecule has 0 radical (unpaired) electrons. The molecule has 5 heteroatoms. The van der Waals surface area contributed by atoms with Crippen LogP contribution in [0.2, 0.25) is 0 Å². The first kappa shape index (κ1) is 13.6. The van der Waals surface area contributed by atoms with Crippen LogP contribution in [0.4, 0.5) is 0 Å². The zero-order chi connectivity index (χ0) is 14.3. The molecule has 1 aromatic rings. The van der Waals surface area contributed by atoms with Crippen molar-refractivity contribution in [3.8, 4) is 0 Å². The lowest BCUT2D eigenvalue weighted by molar-refractivity contribution is -0.134. The van der Waals surface area contributed by atoms with Gasteiger partial charge in [-0.1, -0.05) is 0 Å². The van der Waals surface area contributed by atoms with E-state index in [-0.39, 0.29) is 18.0 Å². The number of amides is 1. The van der Waals surface area contributed by atoms with Gasteiger partial charge in [0.1, 0.15) is 0 Å². The van der Waals surface area contributed by atoms with Crippen LogP contribution >= 0.6 is 0 Å². The van der Waals surface area contributed by atoms with E-state index in [1.807, 2.05) is 11.7 Å². The highest BCUT2D eigenvalue weighted by atomic mass is 16.2. The van der Waals surface area contributed by atoms with Crippen LogP contribution in [0.25, 0.3) is 0 Å². The molecule has 20 heavy (non-hydrogen) atoms. The fourth-order valence-electron chi connectivity index (χ4n) is 3.70. The summed E-state index contributed by atoms with van der Waals surface area (Å²) in [4.78, 5) is 14.8. The number of hydrogen-bond acceptors (Lipinski definition) is 3. The van der Waals surface area contributed by atoms with Crippen molar-refractivity contribution >= 4 is 5.91 Å². The summed E-state index contributed by atoms with van der Waals surface area (Å²) in [6.07, 6.45) is 4.25. The number of aryl methyl sites for hydroxylation is 2. The van der Waals surface area contributed by atoms with Crippen LogP contribution in [0, 0.1) is 13.8 Å². The van der Waals surface area contributed by atoms with Gasteiger partial charge in [-0.15, -0.1) is 0 Å². The maximum absolute atomic E-state index is 12.7. The number of carbonyl (C=O) groups excluding carboxylic acids is 1. The Morgan fingerprint density at radius 2 is 2.10 bits per heavy atom. The van der Waals surface area contributed by atoms with Gasteiger partial charge in [-0.2, -0.15) is 5.10 Å². The summed E-state index contributed by atoms with van der Waals surface area (Å²) in [5.74, 6) is 0.285. The minimum Gasteiger partial charge on any atom is -0.334 e. The average Bonchev–Trinajstić information content (AvgIpc) is 3.12. The van der Waals surface area contributed by atoms with E-state index in [2.05, 4.69) is 29.2 Å².